The van der Waals surface area contributed by atoms with E-state index in [0.29, 0.717) is 16.5 Å². The third kappa shape index (κ3) is 2.81. The van der Waals surface area contributed by atoms with Crippen LogP contribution >= 0.6 is 15.9 Å². The van der Waals surface area contributed by atoms with Gasteiger partial charge in [0.2, 0.25) is 0 Å². The van der Waals surface area contributed by atoms with E-state index in [2.05, 4.69) is 15.9 Å². The quantitative estimate of drug-likeness (QED) is 0.487. The minimum absolute atomic E-state index is 0.187. The molecule has 5 heteroatoms. The lowest BCUT2D eigenvalue weighted by Gasteiger charge is -2.17. The molecule has 0 N–H and O–H groups in total. The number of ketones is 1. The van der Waals surface area contributed by atoms with E-state index < -0.39 is 11.8 Å². The first kappa shape index (κ1) is 14.1. The molecule has 0 spiro atoms. The first-order valence-corrected chi connectivity index (χ1v) is 6.86. The van der Waals surface area contributed by atoms with E-state index in [1.54, 1.807) is 19.1 Å². The molecule has 1 heterocycles. The van der Waals surface area contributed by atoms with Crippen molar-refractivity contribution >= 4 is 27.7 Å². The highest BCUT2D eigenvalue weighted by molar-refractivity contribution is 9.10. The molecule has 1 aliphatic rings. The SMILES string of the molecule is CCOC(=O)C(=O)c1cc(Br)c2c(c1)CC(C)(C)O2. The first-order chi connectivity index (χ1) is 8.84. The van der Waals surface area contributed by atoms with E-state index in [1.165, 1.54) is 0 Å². The van der Waals surface area contributed by atoms with Gasteiger partial charge in [-0.3, -0.25) is 4.79 Å². The Morgan fingerprint density at radius 3 is 2.74 bits per heavy atom. The van der Waals surface area contributed by atoms with Gasteiger partial charge in [-0.25, -0.2) is 4.79 Å². The fourth-order valence-corrected chi connectivity index (χ4v) is 2.69. The summed E-state index contributed by atoms with van der Waals surface area (Å²) >= 11 is 3.38. The fourth-order valence-electron chi connectivity index (χ4n) is 2.11. The molecule has 0 unspecified atom stereocenters. The van der Waals surface area contributed by atoms with Crippen LogP contribution in [0.1, 0.15) is 36.7 Å². The van der Waals surface area contributed by atoms with Gasteiger partial charge in [-0.15, -0.1) is 0 Å². The van der Waals surface area contributed by atoms with Gasteiger partial charge in [-0.05, 0) is 48.8 Å². The number of hydrogen-bond donors (Lipinski definition) is 0. The summed E-state index contributed by atoms with van der Waals surface area (Å²) in [5, 5.41) is 0. The largest absolute Gasteiger partial charge is 0.486 e. The molecule has 0 saturated heterocycles. The molecule has 4 nitrogen and oxygen atoms in total. The summed E-state index contributed by atoms with van der Waals surface area (Å²) in [7, 11) is 0. The molecule has 1 aromatic carbocycles. The topological polar surface area (TPSA) is 52.6 Å². The number of ether oxygens (including phenoxy) is 2. The molecule has 19 heavy (non-hydrogen) atoms. The number of halogens is 1. The molecule has 2 rings (SSSR count). The van der Waals surface area contributed by atoms with Gasteiger partial charge in [0, 0.05) is 17.5 Å². The minimum Gasteiger partial charge on any atom is -0.486 e. The van der Waals surface area contributed by atoms with Gasteiger partial charge < -0.3 is 9.47 Å². The van der Waals surface area contributed by atoms with E-state index in [-0.39, 0.29) is 12.2 Å². The van der Waals surface area contributed by atoms with Crippen LogP contribution in [-0.4, -0.2) is 24.0 Å². The van der Waals surface area contributed by atoms with Crippen molar-refractivity contribution in [3.8, 4) is 5.75 Å². The standard InChI is InChI=1S/C14H15BrO4/c1-4-18-13(17)11(16)8-5-9-7-14(2,3)19-12(9)10(15)6-8/h5-6H,4,7H2,1-3H3. The molecular formula is C14H15BrO4. The zero-order valence-corrected chi connectivity index (χ0v) is 12.7. The molecule has 0 aliphatic carbocycles. The predicted molar refractivity (Wildman–Crippen MR) is 73.5 cm³/mol. The summed E-state index contributed by atoms with van der Waals surface area (Å²) in [5.41, 5.74) is 0.952. The lowest BCUT2D eigenvalue weighted by atomic mass is 9.99. The Bertz CT molecular complexity index is 549. The fraction of sp³-hybridized carbons (Fsp3) is 0.429. The molecule has 0 radical (unpaired) electrons. The first-order valence-electron chi connectivity index (χ1n) is 6.07. The molecule has 0 saturated carbocycles. The molecule has 102 valence electrons. The number of fused-ring (bicyclic) bond motifs is 1. The van der Waals surface area contributed by atoms with Crippen LogP contribution in [0, 0.1) is 0 Å². The summed E-state index contributed by atoms with van der Waals surface area (Å²) in [5.74, 6) is -0.715. The lowest BCUT2D eigenvalue weighted by molar-refractivity contribution is -0.137. The van der Waals surface area contributed by atoms with Crippen LogP contribution in [0.5, 0.6) is 5.75 Å². The number of esters is 1. The number of Topliss-reactive ketones (excluding diaryl/α,β-unsaturated/α-hetero) is 1. The summed E-state index contributed by atoms with van der Waals surface area (Å²) in [6, 6.07) is 3.30. The van der Waals surface area contributed by atoms with Crippen LogP contribution in [0.4, 0.5) is 0 Å². The molecule has 0 atom stereocenters. The van der Waals surface area contributed by atoms with Crippen LogP contribution in [0.3, 0.4) is 0 Å². The van der Waals surface area contributed by atoms with Crippen LogP contribution in [-0.2, 0) is 16.0 Å². The van der Waals surface area contributed by atoms with Gasteiger partial charge in [0.1, 0.15) is 11.4 Å². The third-order valence-electron chi connectivity index (χ3n) is 2.84. The maximum Gasteiger partial charge on any atom is 0.379 e. The second-order valence-electron chi connectivity index (χ2n) is 5.03. The van der Waals surface area contributed by atoms with E-state index in [0.717, 1.165) is 11.3 Å². The Labute approximate surface area is 120 Å². The van der Waals surface area contributed by atoms with Gasteiger partial charge in [0.25, 0.3) is 5.78 Å². The maximum absolute atomic E-state index is 11.9. The number of carbonyl (C=O) groups is 2. The zero-order valence-electron chi connectivity index (χ0n) is 11.1. The van der Waals surface area contributed by atoms with Crippen molar-refractivity contribution in [1.29, 1.82) is 0 Å². The van der Waals surface area contributed by atoms with Crippen molar-refractivity contribution in [2.75, 3.05) is 6.61 Å². The summed E-state index contributed by atoms with van der Waals surface area (Å²) < 4.78 is 11.2. The Morgan fingerprint density at radius 2 is 2.11 bits per heavy atom. The van der Waals surface area contributed by atoms with Crippen molar-refractivity contribution < 1.29 is 19.1 Å². The van der Waals surface area contributed by atoms with Gasteiger partial charge in [-0.2, -0.15) is 0 Å². The summed E-state index contributed by atoms with van der Waals surface area (Å²) in [6.45, 7) is 5.81. The smallest absolute Gasteiger partial charge is 0.379 e. The third-order valence-corrected chi connectivity index (χ3v) is 3.43. The molecule has 0 fully saturated rings. The van der Waals surface area contributed by atoms with Crippen LogP contribution in [0.25, 0.3) is 0 Å². The van der Waals surface area contributed by atoms with Crippen LogP contribution in [0.2, 0.25) is 0 Å². The molecule has 0 bridgehead atoms. The van der Waals surface area contributed by atoms with Gasteiger partial charge in [-0.1, -0.05) is 0 Å². The minimum atomic E-state index is -0.826. The maximum atomic E-state index is 11.9. The van der Waals surface area contributed by atoms with E-state index in [1.807, 2.05) is 13.8 Å². The van der Waals surface area contributed by atoms with Gasteiger partial charge >= 0.3 is 5.97 Å². The Balaban J connectivity index is 2.34. The second-order valence-corrected chi connectivity index (χ2v) is 5.89. The summed E-state index contributed by atoms with van der Waals surface area (Å²) in [4.78, 5) is 23.4. The lowest BCUT2D eigenvalue weighted by Crippen LogP contribution is -2.24. The molecule has 0 aromatic heterocycles. The zero-order chi connectivity index (χ0) is 14.2. The predicted octanol–water partition coefficient (Wildman–Crippen LogP) is 2.91. The summed E-state index contributed by atoms with van der Waals surface area (Å²) in [6.07, 6.45) is 0.699. The highest BCUT2D eigenvalue weighted by Gasteiger charge is 2.33. The number of rotatable bonds is 3. The van der Waals surface area contributed by atoms with Crippen LogP contribution in [0.15, 0.2) is 16.6 Å². The molecule has 1 aliphatic heterocycles. The van der Waals surface area contributed by atoms with Gasteiger partial charge in [0.05, 0.1) is 11.1 Å². The number of benzene rings is 1. The average Bonchev–Trinajstić information content (AvgIpc) is 2.63. The highest BCUT2D eigenvalue weighted by atomic mass is 79.9. The second kappa shape index (κ2) is 4.96. The molecule has 0 amide bonds. The monoisotopic (exact) mass is 326 g/mol. The molecule has 1 aromatic rings. The van der Waals surface area contributed by atoms with Crippen molar-refractivity contribution in [2.45, 2.75) is 32.8 Å². The Morgan fingerprint density at radius 1 is 1.42 bits per heavy atom. The van der Waals surface area contributed by atoms with E-state index in [9.17, 15) is 9.59 Å². The van der Waals surface area contributed by atoms with Gasteiger partial charge in [0.15, 0.2) is 0 Å². The average molecular weight is 327 g/mol. The van der Waals surface area contributed by atoms with Crippen LogP contribution < -0.4 is 4.74 Å². The Hall–Kier alpha value is -1.36. The van der Waals surface area contributed by atoms with Crippen molar-refractivity contribution in [3.63, 3.8) is 0 Å². The normalized spacial score (nSPS) is 15.6. The number of carbonyl (C=O) groups excluding carboxylic acids is 2. The number of hydrogen-bond acceptors (Lipinski definition) is 4. The highest BCUT2D eigenvalue weighted by Crippen LogP contribution is 2.41. The molecular weight excluding hydrogens is 312 g/mol. The Kier molecular flexibility index (Phi) is 3.67. The van der Waals surface area contributed by atoms with Crippen molar-refractivity contribution in [3.05, 3.63) is 27.7 Å². The van der Waals surface area contributed by atoms with Crippen molar-refractivity contribution in [2.24, 2.45) is 0 Å². The van der Waals surface area contributed by atoms with Crippen molar-refractivity contribution in [1.82, 2.24) is 0 Å². The van der Waals surface area contributed by atoms with E-state index in [4.69, 9.17) is 9.47 Å². The van der Waals surface area contributed by atoms with E-state index >= 15 is 0 Å².